The molecule has 0 spiro atoms. The summed E-state index contributed by atoms with van der Waals surface area (Å²) in [5, 5.41) is 13.0. The number of aliphatic hydroxyl groups is 1. The van der Waals surface area contributed by atoms with E-state index in [1.807, 2.05) is 0 Å². The van der Waals surface area contributed by atoms with E-state index in [9.17, 15) is 23.9 Å². The number of ether oxygens (including phenoxy) is 1. The monoisotopic (exact) mass is 421 g/mol. The number of rotatable bonds is 5. The van der Waals surface area contributed by atoms with Gasteiger partial charge in [0.15, 0.2) is 0 Å². The topological polar surface area (TPSA) is 122 Å². The first kappa shape index (κ1) is 20.6. The fraction of sp³-hybridized carbons (Fsp3) is 0.211. The molecular formula is C19H17ClFN3O5. The van der Waals surface area contributed by atoms with Gasteiger partial charge in [0.2, 0.25) is 5.91 Å². The molecule has 152 valence electrons. The van der Waals surface area contributed by atoms with Gasteiger partial charge in [-0.15, -0.1) is 0 Å². The third kappa shape index (κ3) is 4.64. The van der Waals surface area contributed by atoms with Gasteiger partial charge >= 0.3 is 6.09 Å². The molecule has 1 atom stereocenters. The first-order chi connectivity index (χ1) is 13.7. The number of amides is 3. The van der Waals surface area contributed by atoms with Crippen LogP contribution in [0.15, 0.2) is 42.5 Å². The summed E-state index contributed by atoms with van der Waals surface area (Å²) in [6.45, 7) is -0.0602. The lowest BCUT2D eigenvalue weighted by Crippen LogP contribution is -2.46. The van der Waals surface area contributed by atoms with E-state index in [0.717, 1.165) is 6.07 Å². The van der Waals surface area contributed by atoms with Crippen molar-refractivity contribution in [1.82, 2.24) is 5.32 Å². The Bertz CT molecular complexity index is 966. The normalized spacial score (nSPS) is 18.6. The van der Waals surface area contributed by atoms with E-state index >= 15 is 0 Å². The third-order valence-electron chi connectivity index (χ3n) is 4.32. The van der Waals surface area contributed by atoms with Crippen molar-refractivity contribution in [2.45, 2.75) is 18.8 Å². The van der Waals surface area contributed by atoms with Crippen LogP contribution >= 0.6 is 11.6 Å². The molecule has 1 heterocycles. The fourth-order valence-corrected chi connectivity index (χ4v) is 3.17. The van der Waals surface area contributed by atoms with Crippen molar-refractivity contribution in [3.05, 3.63) is 64.4 Å². The Labute approximate surface area is 170 Å². The summed E-state index contributed by atoms with van der Waals surface area (Å²) in [5.41, 5.74) is 6.14. The third-order valence-corrected chi connectivity index (χ3v) is 4.53. The highest BCUT2D eigenvalue weighted by atomic mass is 35.5. The average molecular weight is 422 g/mol. The van der Waals surface area contributed by atoms with Gasteiger partial charge in [0.05, 0.1) is 0 Å². The quantitative estimate of drug-likeness (QED) is 0.637. The molecule has 1 aliphatic heterocycles. The summed E-state index contributed by atoms with van der Waals surface area (Å²) in [4.78, 5) is 37.1. The molecule has 2 aromatic carbocycles. The highest BCUT2D eigenvalue weighted by Gasteiger charge is 2.49. The number of anilines is 1. The number of hydrogen-bond acceptors (Lipinski definition) is 5. The maximum absolute atomic E-state index is 13.3. The van der Waals surface area contributed by atoms with E-state index in [1.165, 1.54) is 35.2 Å². The molecule has 10 heteroatoms. The zero-order valence-electron chi connectivity index (χ0n) is 15.0. The minimum atomic E-state index is -2.37. The number of carbonyl (C=O) groups is 3. The molecule has 3 rings (SSSR count). The SMILES string of the molecule is NC(=O)c1cccc(N2CC[C@@](O)(OC(=O)NCc3cc(F)cc(Cl)c3)C2=O)c1. The van der Waals surface area contributed by atoms with Crippen LogP contribution in [0, 0.1) is 5.82 Å². The van der Waals surface area contributed by atoms with Crippen molar-refractivity contribution < 1.29 is 28.6 Å². The van der Waals surface area contributed by atoms with Crippen LogP contribution in [-0.4, -0.2) is 35.3 Å². The molecule has 0 unspecified atom stereocenters. The molecule has 4 N–H and O–H groups in total. The van der Waals surface area contributed by atoms with Gasteiger partial charge < -0.3 is 25.8 Å². The molecule has 0 radical (unpaired) electrons. The average Bonchev–Trinajstić information content (AvgIpc) is 2.94. The molecule has 0 bridgehead atoms. The van der Waals surface area contributed by atoms with Crippen molar-refractivity contribution in [1.29, 1.82) is 0 Å². The number of benzene rings is 2. The number of nitrogens with one attached hydrogen (secondary N) is 1. The summed E-state index contributed by atoms with van der Waals surface area (Å²) in [7, 11) is 0. The van der Waals surface area contributed by atoms with Crippen molar-refractivity contribution in [2.24, 2.45) is 5.73 Å². The Morgan fingerprint density at radius 2 is 2.07 bits per heavy atom. The second-order valence-corrected chi connectivity index (χ2v) is 6.86. The number of primary amides is 1. The number of halogens is 2. The lowest BCUT2D eigenvalue weighted by atomic mass is 10.2. The summed E-state index contributed by atoms with van der Waals surface area (Å²) >= 11 is 5.75. The number of carbonyl (C=O) groups excluding carboxylic acids is 3. The van der Waals surface area contributed by atoms with Crippen molar-refractivity contribution in [2.75, 3.05) is 11.4 Å². The van der Waals surface area contributed by atoms with Gasteiger partial charge in [-0.2, -0.15) is 0 Å². The number of hydrogen-bond donors (Lipinski definition) is 3. The zero-order valence-corrected chi connectivity index (χ0v) is 15.8. The number of nitrogens with two attached hydrogens (primary N) is 1. The predicted molar refractivity (Wildman–Crippen MR) is 102 cm³/mol. The van der Waals surface area contributed by atoms with Crippen molar-refractivity contribution in [3.63, 3.8) is 0 Å². The van der Waals surface area contributed by atoms with Crippen LogP contribution in [-0.2, 0) is 16.1 Å². The Hall–Kier alpha value is -3.17. The fourth-order valence-electron chi connectivity index (χ4n) is 2.93. The first-order valence-corrected chi connectivity index (χ1v) is 8.92. The van der Waals surface area contributed by atoms with Crippen molar-refractivity contribution >= 4 is 35.2 Å². The maximum Gasteiger partial charge on any atom is 0.410 e. The van der Waals surface area contributed by atoms with Crippen LogP contribution in [0.2, 0.25) is 5.02 Å². The summed E-state index contributed by atoms with van der Waals surface area (Å²) in [6.07, 6.45) is -1.24. The minimum Gasteiger partial charge on any atom is -0.407 e. The van der Waals surface area contributed by atoms with E-state index in [2.05, 4.69) is 5.32 Å². The van der Waals surface area contributed by atoms with E-state index in [-0.39, 0.29) is 30.1 Å². The summed E-state index contributed by atoms with van der Waals surface area (Å²) in [5.74, 6) is -4.46. The van der Waals surface area contributed by atoms with Crippen LogP contribution in [0.5, 0.6) is 0 Å². The molecule has 3 amide bonds. The molecule has 2 aromatic rings. The molecule has 1 saturated heterocycles. The predicted octanol–water partition coefficient (Wildman–Crippen LogP) is 1.93. The van der Waals surface area contributed by atoms with E-state index in [0.29, 0.717) is 11.3 Å². The highest BCUT2D eigenvalue weighted by Crippen LogP contribution is 2.30. The van der Waals surface area contributed by atoms with Gasteiger partial charge in [0, 0.05) is 35.8 Å². The lowest BCUT2D eigenvalue weighted by molar-refractivity contribution is -0.175. The van der Waals surface area contributed by atoms with Crippen LogP contribution < -0.4 is 16.0 Å². The van der Waals surface area contributed by atoms with Gasteiger partial charge in [-0.25, -0.2) is 9.18 Å². The van der Waals surface area contributed by atoms with Crippen molar-refractivity contribution in [3.8, 4) is 0 Å². The van der Waals surface area contributed by atoms with Crippen LogP contribution in [0.25, 0.3) is 0 Å². The molecular weight excluding hydrogens is 405 g/mol. The van der Waals surface area contributed by atoms with Gasteiger partial charge in [0.25, 0.3) is 11.7 Å². The van der Waals surface area contributed by atoms with E-state index in [4.69, 9.17) is 22.1 Å². The van der Waals surface area contributed by atoms with Crippen LogP contribution in [0.4, 0.5) is 14.9 Å². The van der Waals surface area contributed by atoms with Crippen LogP contribution in [0.3, 0.4) is 0 Å². The minimum absolute atomic E-state index is 0.0599. The standard InChI is InChI=1S/C19H17ClFN3O5/c20-13-6-11(7-14(21)9-13)10-23-18(27)29-19(28)4-5-24(17(19)26)15-3-1-2-12(8-15)16(22)25/h1-3,6-9,28H,4-5,10H2,(H2,22,25)(H,23,27)/t19-/m1/s1. The Balaban J connectivity index is 1.65. The largest absolute Gasteiger partial charge is 0.410 e. The van der Waals surface area contributed by atoms with Gasteiger partial charge in [-0.05, 0) is 42.0 Å². The highest BCUT2D eigenvalue weighted by molar-refractivity contribution is 6.30. The molecule has 1 aliphatic rings. The number of alkyl carbamates (subject to hydrolysis) is 1. The molecule has 29 heavy (non-hydrogen) atoms. The van der Waals surface area contributed by atoms with Gasteiger partial charge in [0.1, 0.15) is 5.82 Å². The molecule has 1 fully saturated rings. The molecule has 0 saturated carbocycles. The summed E-state index contributed by atoms with van der Waals surface area (Å²) in [6, 6.07) is 9.73. The molecule has 0 aromatic heterocycles. The lowest BCUT2D eigenvalue weighted by Gasteiger charge is -2.22. The Morgan fingerprint density at radius 3 is 2.76 bits per heavy atom. The Morgan fingerprint density at radius 1 is 1.31 bits per heavy atom. The van der Waals surface area contributed by atoms with E-state index < -0.39 is 29.5 Å². The maximum atomic E-state index is 13.3. The molecule has 0 aliphatic carbocycles. The second kappa shape index (κ2) is 8.06. The zero-order chi connectivity index (χ0) is 21.2. The number of nitrogens with zero attached hydrogens (tertiary/aromatic N) is 1. The summed E-state index contributed by atoms with van der Waals surface area (Å²) < 4.78 is 18.2. The van der Waals surface area contributed by atoms with Gasteiger partial charge in [-0.1, -0.05) is 17.7 Å². The molecule has 8 nitrogen and oxygen atoms in total. The van der Waals surface area contributed by atoms with Gasteiger partial charge in [-0.3, -0.25) is 9.59 Å². The second-order valence-electron chi connectivity index (χ2n) is 6.43. The van der Waals surface area contributed by atoms with E-state index in [1.54, 1.807) is 6.07 Å². The Kier molecular flexibility index (Phi) is 5.71. The smallest absolute Gasteiger partial charge is 0.407 e. The first-order valence-electron chi connectivity index (χ1n) is 8.54. The van der Waals surface area contributed by atoms with Crippen LogP contribution in [0.1, 0.15) is 22.3 Å².